The van der Waals surface area contributed by atoms with Gasteiger partial charge in [0.25, 0.3) is 0 Å². The molecule has 0 heterocycles. The largest absolute Gasteiger partial charge is 0.534 e. The van der Waals surface area contributed by atoms with Gasteiger partial charge in [0, 0.05) is 0 Å². The number of alkyl halides is 3. The second kappa shape index (κ2) is 10.1. The molecule has 3 aromatic rings. The molecule has 0 atom stereocenters. The van der Waals surface area contributed by atoms with Gasteiger partial charge in [-0.15, -0.1) is 0 Å². The lowest BCUT2D eigenvalue weighted by Crippen LogP contribution is -2.28. The molecule has 0 bridgehead atoms. The van der Waals surface area contributed by atoms with Crippen LogP contribution in [0.2, 0.25) is 0 Å². The molecule has 0 aliphatic carbocycles. The molecule has 3 aromatic carbocycles. The van der Waals surface area contributed by atoms with Crippen molar-refractivity contribution in [3.05, 3.63) is 90.7 Å². The molecular formula is C19H16F4O3S2. The van der Waals surface area contributed by atoms with Gasteiger partial charge in [-0.25, -0.2) is 4.39 Å². The van der Waals surface area contributed by atoms with E-state index in [1.165, 1.54) is 11.1 Å². The third-order valence-corrected chi connectivity index (χ3v) is 4.16. The Morgan fingerprint density at radius 2 is 1.07 bits per heavy atom. The van der Waals surface area contributed by atoms with Crippen LogP contribution >= 0.6 is 13.5 Å². The molecule has 0 aliphatic rings. The van der Waals surface area contributed by atoms with Crippen molar-refractivity contribution in [3.8, 4) is 16.9 Å². The van der Waals surface area contributed by atoms with Crippen molar-refractivity contribution in [3.63, 3.8) is 0 Å². The molecule has 0 aliphatic heterocycles. The molecule has 0 aromatic heterocycles. The molecule has 150 valence electrons. The Balaban J connectivity index is 0.000000275. The number of hydrogen-bond donors (Lipinski definition) is 0. The summed E-state index contributed by atoms with van der Waals surface area (Å²) in [5, 5.41) is 0. The highest BCUT2D eigenvalue weighted by Crippen LogP contribution is 2.26. The summed E-state index contributed by atoms with van der Waals surface area (Å²) in [5.74, 6) is -1.32. The van der Waals surface area contributed by atoms with E-state index in [2.05, 4.69) is 52.7 Å². The highest BCUT2D eigenvalue weighted by atomic mass is 32.2. The molecule has 28 heavy (non-hydrogen) atoms. The summed E-state index contributed by atoms with van der Waals surface area (Å²) in [6, 6.07) is 23.9. The van der Waals surface area contributed by atoms with Crippen molar-refractivity contribution >= 4 is 23.6 Å². The summed E-state index contributed by atoms with van der Waals surface area (Å²) in [6.07, 6.45) is 0. The molecule has 0 N–H and O–H groups in total. The molecule has 0 fully saturated rings. The molecular weight excluding hydrogens is 416 g/mol. The van der Waals surface area contributed by atoms with Gasteiger partial charge < -0.3 is 4.18 Å². The predicted molar refractivity (Wildman–Crippen MR) is 104 cm³/mol. The Kier molecular flexibility index (Phi) is 8.52. The highest BCUT2D eigenvalue weighted by Gasteiger charge is 2.48. The fourth-order valence-electron chi connectivity index (χ4n) is 1.93. The summed E-state index contributed by atoms with van der Waals surface area (Å²) >= 11 is 0. The van der Waals surface area contributed by atoms with Crippen LogP contribution < -0.4 is 4.18 Å². The van der Waals surface area contributed by atoms with E-state index in [0.717, 1.165) is 24.3 Å². The van der Waals surface area contributed by atoms with Gasteiger partial charge in [-0.05, 0) is 35.4 Å². The van der Waals surface area contributed by atoms with Crippen molar-refractivity contribution in [1.29, 1.82) is 0 Å². The van der Waals surface area contributed by atoms with Crippen molar-refractivity contribution < 1.29 is 30.2 Å². The minimum atomic E-state index is -5.69. The van der Waals surface area contributed by atoms with Crippen LogP contribution in [0.3, 0.4) is 0 Å². The minimum Gasteiger partial charge on any atom is -0.376 e. The van der Waals surface area contributed by atoms with Crippen LogP contribution in [0.1, 0.15) is 0 Å². The van der Waals surface area contributed by atoms with E-state index in [-0.39, 0.29) is 13.5 Å². The lowest BCUT2D eigenvalue weighted by Gasteiger charge is -2.08. The first kappa shape index (κ1) is 23.5. The Morgan fingerprint density at radius 3 is 1.43 bits per heavy atom. The molecule has 3 nitrogen and oxygen atoms in total. The van der Waals surface area contributed by atoms with Gasteiger partial charge in [-0.3, -0.25) is 0 Å². The number of hydrogen-bond acceptors (Lipinski definition) is 3. The SMILES string of the molecule is O=S(=O)(Oc1ccc(F)cc1)C(F)(F)F.S.c1ccc(-c2ccccc2)cc1. The second-order valence-corrected chi connectivity index (χ2v) is 6.71. The van der Waals surface area contributed by atoms with Crippen LogP contribution in [0, 0.1) is 5.82 Å². The molecule has 0 saturated heterocycles. The van der Waals surface area contributed by atoms with Crippen molar-refractivity contribution in [2.75, 3.05) is 0 Å². The maximum Gasteiger partial charge on any atom is 0.534 e. The van der Waals surface area contributed by atoms with E-state index in [1.54, 1.807) is 0 Å². The molecule has 3 rings (SSSR count). The average Bonchev–Trinajstić information content (AvgIpc) is 2.65. The van der Waals surface area contributed by atoms with Crippen LogP contribution in [0.25, 0.3) is 11.1 Å². The van der Waals surface area contributed by atoms with Crippen LogP contribution in [0.5, 0.6) is 5.75 Å². The Labute approximate surface area is 167 Å². The minimum absolute atomic E-state index is 0. The molecule has 0 saturated carbocycles. The van der Waals surface area contributed by atoms with E-state index in [1.807, 2.05) is 12.1 Å². The lowest BCUT2D eigenvalue weighted by molar-refractivity contribution is -0.0500. The van der Waals surface area contributed by atoms with Crippen LogP contribution in [0.15, 0.2) is 84.9 Å². The molecule has 0 radical (unpaired) electrons. The van der Waals surface area contributed by atoms with Gasteiger partial charge in [-0.1, -0.05) is 60.7 Å². The van der Waals surface area contributed by atoms with Crippen LogP contribution in [-0.2, 0) is 10.1 Å². The number of benzene rings is 3. The van der Waals surface area contributed by atoms with Crippen LogP contribution in [0.4, 0.5) is 17.6 Å². The van der Waals surface area contributed by atoms with E-state index >= 15 is 0 Å². The van der Waals surface area contributed by atoms with Crippen LogP contribution in [-0.4, -0.2) is 13.9 Å². The predicted octanol–water partition coefficient (Wildman–Crippen LogP) is 5.52. The fraction of sp³-hybridized carbons (Fsp3) is 0.0526. The molecule has 0 unspecified atom stereocenters. The van der Waals surface area contributed by atoms with Gasteiger partial charge in [0.15, 0.2) is 0 Å². The standard InChI is InChI=1S/C12H10.C7H4F4O3S.H2S/c1-3-7-11(8-4-1)12-9-5-2-6-10-12;8-5-1-3-6(4-2-5)14-15(12,13)7(9,10)11;/h1-10H;1-4H;1H2. The van der Waals surface area contributed by atoms with Crippen molar-refractivity contribution in [1.82, 2.24) is 0 Å². The Bertz CT molecular complexity index is 906. The van der Waals surface area contributed by atoms with E-state index in [4.69, 9.17) is 0 Å². The zero-order valence-corrected chi connectivity index (χ0v) is 16.0. The third-order valence-electron chi connectivity index (χ3n) is 3.18. The quantitative estimate of drug-likeness (QED) is 0.311. The van der Waals surface area contributed by atoms with Crippen molar-refractivity contribution in [2.24, 2.45) is 0 Å². The van der Waals surface area contributed by atoms with Gasteiger partial charge in [-0.2, -0.15) is 35.1 Å². The summed E-state index contributed by atoms with van der Waals surface area (Å²) in [4.78, 5) is 0. The Hall–Kier alpha value is -2.52. The van der Waals surface area contributed by atoms with Gasteiger partial charge in [0.2, 0.25) is 0 Å². The second-order valence-electron chi connectivity index (χ2n) is 5.17. The normalized spacial score (nSPS) is 10.9. The molecule has 0 spiro atoms. The summed E-state index contributed by atoms with van der Waals surface area (Å²) in [5.41, 5.74) is -2.95. The zero-order valence-electron chi connectivity index (χ0n) is 14.2. The molecule has 9 heteroatoms. The van der Waals surface area contributed by atoms with Gasteiger partial charge in [0.05, 0.1) is 0 Å². The fourth-order valence-corrected chi connectivity index (χ4v) is 2.38. The molecule has 0 amide bonds. The third kappa shape index (κ3) is 6.90. The summed E-state index contributed by atoms with van der Waals surface area (Å²) in [6.45, 7) is 0. The van der Waals surface area contributed by atoms with Gasteiger partial charge >= 0.3 is 15.6 Å². The smallest absolute Gasteiger partial charge is 0.376 e. The first-order chi connectivity index (χ1) is 12.7. The lowest BCUT2D eigenvalue weighted by atomic mass is 10.1. The Morgan fingerprint density at radius 1 is 0.679 bits per heavy atom. The monoisotopic (exact) mass is 432 g/mol. The van der Waals surface area contributed by atoms with Gasteiger partial charge in [0.1, 0.15) is 11.6 Å². The maximum atomic E-state index is 12.3. The zero-order chi connectivity index (χ0) is 19.9. The first-order valence-electron chi connectivity index (χ1n) is 7.56. The average molecular weight is 432 g/mol. The maximum absolute atomic E-state index is 12.3. The summed E-state index contributed by atoms with van der Waals surface area (Å²) < 4.78 is 72.4. The number of rotatable bonds is 3. The topological polar surface area (TPSA) is 43.4 Å². The first-order valence-corrected chi connectivity index (χ1v) is 8.97. The van der Waals surface area contributed by atoms with E-state index in [0.29, 0.717) is 0 Å². The number of halogens is 4. The van der Waals surface area contributed by atoms with E-state index < -0.39 is 27.2 Å². The van der Waals surface area contributed by atoms with Crippen molar-refractivity contribution in [2.45, 2.75) is 5.51 Å². The summed E-state index contributed by atoms with van der Waals surface area (Å²) in [7, 11) is -5.69. The highest BCUT2D eigenvalue weighted by molar-refractivity contribution is 7.88. The van der Waals surface area contributed by atoms with E-state index in [9.17, 15) is 26.0 Å².